The predicted octanol–water partition coefficient (Wildman–Crippen LogP) is 3.27. The van der Waals surface area contributed by atoms with E-state index in [-0.39, 0.29) is 11.8 Å². The lowest BCUT2D eigenvalue weighted by atomic mass is 10.1. The van der Waals surface area contributed by atoms with Gasteiger partial charge in [-0.25, -0.2) is 4.98 Å². The number of aromatic nitrogens is 2. The second-order valence-electron chi connectivity index (χ2n) is 7.00. The average Bonchev–Trinajstić information content (AvgIpc) is 3.46. The number of anilines is 1. The van der Waals surface area contributed by atoms with Gasteiger partial charge in [-0.2, -0.15) is 0 Å². The fraction of sp³-hybridized carbons (Fsp3) is 0.136. The average molecular weight is 418 g/mol. The summed E-state index contributed by atoms with van der Waals surface area (Å²) < 4.78 is 7.65. The minimum atomic E-state index is -0.574. The molecule has 1 aliphatic rings. The van der Waals surface area contributed by atoms with E-state index in [1.54, 1.807) is 35.6 Å². The smallest absolute Gasteiger partial charge is 0.265 e. The number of amides is 2. The van der Waals surface area contributed by atoms with E-state index >= 15 is 0 Å². The number of hydrogen-bond acceptors (Lipinski definition) is 5. The monoisotopic (exact) mass is 418 g/mol. The van der Waals surface area contributed by atoms with E-state index in [1.165, 1.54) is 0 Å². The summed E-state index contributed by atoms with van der Waals surface area (Å²) >= 11 is 1.54. The summed E-state index contributed by atoms with van der Waals surface area (Å²) in [6.45, 7) is 0.331. The number of para-hydroxylation sites is 1. The summed E-state index contributed by atoms with van der Waals surface area (Å²) in [5.41, 5.74) is 2.82. The molecule has 2 amide bonds. The van der Waals surface area contributed by atoms with Crippen LogP contribution in [0.4, 0.5) is 5.69 Å². The van der Waals surface area contributed by atoms with Crippen LogP contribution in [0.5, 0.6) is 5.75 Å². The topological polar surface area (TPSA) is 84.7 Å². The van der Waals surface area contributed by atoms with Crippen LogP contribution in [0.25, 0.3) is 4.96 Å². The molecule has 1 aliphatic heterocycles. The molecular weight excluding hydrogens is 400 g/mol. The molecule has 8 heteroatoms. The van der Waals surface area contributed by atoms with Crippen molar-refractivity contribution in [3.8, 4) is 5.75 Å². The first kappa shape index (κ1) is 18.4. The third-order valence-electron chi connectivity index (χ3n) is 4.91. The highest BCUT2D eigenvalue weighted by Crippen LogP contribution is 2.28. The number of benzene rings is 2. The summed E-state index contributed by atoms with van der Waals surface area (Å²) in [5.74, 6) is 0.277. The lowest BCUT2D eigenvalue weighted by Crippen LogP contribution is -2.31. The maximum atomic E-state index is 12.6. The lowest BCUT2D eigenvalue weighted by molar-refractivity contribution is -0.122. The Morgan fingerprint density at radius 1 is 1.20 bits per heavy atom. The number of fused-ring (bicyclic) bond motifs is 2. The maximum absolute atomic E-state index is 12.6. The quantitative estimate of drug-likeness (QED) is 0.521. The summed E-state index contributed by atoms with van der Waals surface area (Å²) in [6.07, 6.45) is 3.78. The minimum absolute atomic E-state index is 0.230. The molecule has 0 bridgehead atoms. The molecular formula is C22H18N4O3S. The predicted molar refractivity (Wildman–Crippen MR) is 114 cm³/mol. The van der Waals surface area contributed by atoms with E-state index in [1.807, 2.05) is 46.4 Å². The molecule has 0 spiro atoms. The first-order valence-corrected chi connectivity index (χ1v) is 10.4. The molecule has 1 atom stereocenters. The van der Waals surface area contributed by atoms with Crippen LogP contribution < -0.4 is 15.4 Å². The van der Waals surface area contributed by atoms with Crippen LogP contribution in [0, 0.1) is 0 Å². The highest BCUT2D eigenvalue weighted by Gasteiger charge is 2.28. The van der Waals surface area contributed by atoms with Crippen molar-refractivity contribution in [3.05, 3.63) is 83.1 Å². The number of nitrogens with one attached hydrogen (secondary N) is 2. The number of hydrogen-bond donors (Lipinski definition) is 2. The van der Waals surface area contributed by atoms with Gasteiger partial charge in [0, 0.05) is 35.4 Å². The van der Waals surface area contributed by atoms with E-state index in [4.69, 9.17) is 4.74 Å². The zero-order chi connectivity index (χ0) is 20.5. The van der Waals surface area contributed by atoms with E-state index < -0.39 is 6.10 Å². The van der Waals surface area contributed by atoms with Crippen molar-refractivity contribution in [2.75, 3.05) is 5.32 Å². The number of carbonyl (C=O) groups is 2. The largest absolute Gasteiger partial charge is 0.480 e. The third-order valence-corrected chi connectivity index (χ3v) is 5.68. The Balaban J connectivity index is 1.21. The third kappa shape index (κ3) is 3.65. The summed E-state index contributed by atoms with van der Waals surface area (Å²) in [4.78, 5) is 30.5. The van der Waals surface area contributed by atoms with Crippen molar-refractivity contribution < 1.29 is 14.3 Å². The number of imidazole rings is 1. The van der Waals surface area contributed by atoms with Gasteiger partial charge in [0.1, 0.15) is 5.75 Å². The van der Waals surface area contributed by atoms with Gasteiger partial charge in [0.2, 0.25) is 0 Å². The highest BCUT2D eigenvalue weighted by atomic mass is 32.1. The van der Waals surface area contributed by atoms with Gasteiger partial charge in [-0.05, 0) is 29.8 Å². The van der Waals surface area contributed by atoms with E-state index in [0.29, 0.717) is 24.2 Å². The van der Waals surface area contributed by atoms with Crippen molar-refractivity contribution in [1.82, 2.24) is 14.7 Å². The zero-order valence-corrected chi connectivity index (χ0v) is 16.7. The second-order valence-corrected chi connectivity index (χ2v) is 7.87. The zero-order valence-electron chi connectivity index (χ0n) is 15.9. The van der Waals surface area contributed by atoms with Crippen LogP contribution in [0.3, 0.4) is 0 Å². The number of carbonyl (C=O) groups excluding carboxylic acids is 2. The van der Waals surface area contributed by atoms with Gasteiger partial charge in [-0.15, -0.1) is 11.3 Å². The second kappa shape index (κ2) is 7.64. The van der Waals surface area contributed by atoms with Crippen LogP contribution in [-0.4, -0.2) is 27.3 Å². The van der Waals surface area contributed by atoms with Crippen LogP contribution >= 0.6 is 11.3 Å². The van der Waals surface area contributed by atoms with E-state index in [9.17, 15) is 9.59 Å². The SMILES string of the molecule is O=C(NCc1cn2ccsc2n1)c1cccc(NC(=O)C2Cc3ccccc3O2)c1. The Kier molecular flexibility index (Phi) is 4.68. The number of ether oxygens (including phenoxy) is 1. The molecule has 0 saturated carbocycles. The first-order valence-electron chi connectivity index (χ1n) is 9.50. The molecule has 2 N–H and O–H groups in total. The Bertz CT molecular complexity index is 1190. The summed E-state index contributed by atoms with van der Waals surface area (Å²) in [5, 5.41) is 7.67. The fourth-order valence-electron chi connectivity index (χ4n) is 3.42. The van der Waals surface area contributed by atoms with E-state index in [0.717, 1.165) is 22.0 Å². The Hall–Kier alpha value is -3.65. The Labute approximate surface area is 176 Å². The van der Waals surface area contributed by atoms with Crippen molar-refractivity contribution in [3.63, 3.8) is 0 Å². The molecule has 0 fully saturated rings. The van der Waals surface area contributed by atoms with Crippen LogP contribution in [0.15, 0.2) is 66.3 Å². The fourth-order valence-corrected chi connectivity index (χ4v) is 4.14. The van der Waals surface area contributed by atoms with Gasteiger partial charge in [-0.3, -0.25) is 14.0 Å². The molecule has 0 aliphatic carbocycles. The van der Waals surface area contributed by atoms with Gasteiger partial charge < -0.3 is 15.4 Å². The van der Waals surface area contributed by atoms with Crippen molar-refractivity contribution in [2.45, 2.75) is 19.1 Å². The van der Waals surface area contributed by atoms with Gasteiger partial charge in [0.05, 0.1) is 12.2 Å². The minimum Gasteiger partial charge on any atom is -0.480 e. The van der Waals surface area contributed by atoms with Gasteiger partial charge in [-0.1, -0.05) is 24.3 Å². The maximum Gasteiger partial charge on any atom is 0.265 e. The molecule has 7 nitrogen and oxygen atoms in total. The van der Waals surface area contributed by atoms with Gasteiger partial charge in [0.15, 0.2) is 11.1 Å². The number of rotatable bonds is 5. The van der Waals surface area contributed by atoms with Gasteiger partial charge in [0.25, 0.3) is 11.8 Å². The molecule has 30 heavy (non-hydrogen) atoms. The molecule has 2 aromatic carbocycles. The molecule has 150 valence electrons. The number of thiazole rings is 1. The molecule has 4 aromatic rings. The Morgan fingerprint density at radius 3 is 2.97 bits per heavy atom. The number of nitrogens with zero attached hydrogens (tertiary/aromatic N) is 2. The van der Waals surface area contributed by atoms with Crippen LogP contribution in [0.1, 0.15) is 21.6 Å². The van der Waals surface area contributed by atoms with Crippen LogP contribution in [0.2, 0.25) is 0 Å². The van der Waals surface area contributed by atoms with Crippen LogP contribution in [-0.2, 0) is 17.8 Å². The van der Waals surface area contributed by atoms with E-state index in [2.05, 4.69) is 15.6 Å². The van der Waals surface area contributed by atoms with Gasteiger partial charge >= 0.3 is 0 Å². The molecule has 2 aromatic heterocycles. The first-order chi connectivity index (χ1) is 14.7. The summed E-state index contributed by atoms with van der Waals surface area (Å²) in [7, 11) is 0. The molecule has 5 rings (SSSR count). The molecule has 0 saturated heterocycles. The normalized spacial score (nSPS) is 14.9. The van der Waals surface area contributed by atoms with Crippen molar-refractivity contribution in [2.24, 2.45) is 0 Å². The Morgan fingerprint density at radius 2 is 2.10 bits per heavy atom. The standard InChI is InChI=1S/C22H18N4O3S/c27-20(23-12-17-13-26-8-9-30-22(26)25-17)15-5-3-6-16(10-15)24-21(28)19-11-14-4-1-2-7-18(14)29-19/h1-10,13,19H,11-12H2,(H,23,27)(H,24,28). The van der Waals surface area contributed by atoms with Crippen molar-refractivity contribution >= 4 is 33.8 Å². The van der Waals surface area contributed by atoms with Crippen molar-refractivity contribution in [1.29, 1.82) is 0 Å². The summed E-state index contributed by atoms with van der Waals surface area (Å²) in [6, 6.07) is 14.5. The molecule has 0 radical (unpaired) electrons. The highest BCUT2D eigenvalue weighted by molar-refractivity contribution is 7.15. The lowest BCUT2D eigenvalue weighted by Gasteiger charge is -2.12. The molecule has 1 unspecified atom stereocenters. The molecule has 3 heterocycles.